The first-order valence-electron chi connectivity index (χ1n) is 8.65. The smallest absolute Gasteiger partial charge is 0.264 e. The van der Waals surface area contributed by atoms with E-state index in [0.717, 1.165) is 5.56 Å². The van der Waals surface area contributed by atoms with E-state index in [2.05, 4.69) is 13.8 Å². The topological polar surface area (TPSA) is 57.6 Å². The summed E-state index contributed by atoms with van der Waals surface area (Å²) in [7, 11) is 0. The first-order chi connectivity index (χ1) is 11.9. The fourth-order valence-corrected chi connectivity index (χ4v) is 3.38. The van der Waals surface area contributed by atoms with Gasteiger partial charge in [-0.15, -0.1) is 0 Å². The zero-order chi connectivity index (χ0) is 18.2. The highest BCUT2D eigenvalue weighted by atomic mass is 16.3. The maximum absolute atomic E-state index is 12.7. The van der Waals surface area contributed by atoms with E-state index < -0.39 is 11.5 Å². The minimum Gasteiger partial charge on any atom is -0.375 e. The first-order valence-corrected chi connectivity index (χ1v) is 8.65. The summed E-state index contributed by atoms with van der Waals surface area (Å²) in [5, 5.41) is 11.1. The third-order valence-corrected chi connectivity index (χ3v) is 4.87. The lowest BCUT2D eigenvalue weighted by Gasteiger charge is -2.22. The van der Waals surface area contributed by atoms with Gasteiger partial charge in [-0.05, 0) is 24.5 Å². The predicted octanol–water partition coefficient (Wildman–Crippen LogP) is 3.64. The molecule has 0 saturated heterocycles. The molecule has 1 unspecified atom stereocenters. The molecular weight excluding hydrogens is 314 g/mol. The van der Waals surface area contributed by atoms with Crippen LogP contribution >= 0.6 is 0 Å². The van der Waals surface area contributed by atoms with Crippen molar-refractivity contribution in [3.8, 4) is 0 Å². The van der Waals surface area contributed by atoms with E-state index in [4.69, 9.17) is 0 Å². The Hall–Kier alpha value is -2.46. The highest BCUT2D eigenvalue weighted by Crippen LogP contribution is 2.42. The fourth-order valence-electron chi connectivity index (χ4n) is 3.38. The molecule has 1 atom stereocenters. The van der Waals surface area contributed by atoms with Crippen molar-refractivity contribution in [1.82, 2.24) is 0 Å². The molecule has 4 nitrogen and oxygen atoms in total. The summed E-state index contributed by atoms with van der Waals surface area (Å²) in [4.78, 5) is 27.0. The van der Waals surface area contributed by atoms with Crippen LogP contribution in [0.5, 0.6) is 0 Å². The van der Waals surface area contributed by atoms with Gasteiger partial charge in [0.05, 0.1) is 12.1 Å². The molecule has 0 radical (unpaired) electrons. The monoisotopic (exact) mass is 337 g/mol. The number of benzene rings is 2. The summed E-state index contributed by atoms with van der Waals surface area (Å²) in [6.07, 6.45) is -0.250. The Morgan fingerprint density at radius 1 is 1.12 bits per heavy atom. The minimum absolute atomic E-state index is 0.237. The summed E-state index contributed by atoms with van der Waals surface area (Å²) in [5.74, 6) is -0.281. The Labute approximate surface area is 148 Å². The van der Waals surface area contributed by atoms with E-state index in [1.807, 2.05) is 25.1 Å². The number of amides is 1. The second-order valence-corrected chi connectivity index (χ2v) is 6.80. The van der Waals surface area contributed by atoms with Crippen molar-refractivity contribution < 1.29 is 14.7 Å². The van der Waals surface area contributed by atoms with Crippen molar-refractivity contribution >= 4 is 17.4 Å². The largest absolute Gasteiger partial charge is 0.375 e. The van der Waals surface area contributed by atoms with Crippen LogP contribution in [0.1, 0.15) is 54.6 Å². The average molecular weight is 337 g/mol. The van der Waals surface area contributed by atoms with Crippen LogP contribution in [0.4, 0.5) is 5.69 Å². The maximum Gasteiger partial charge on any atom is 0.264 e. The number of fused-ring (bicyclic) bond motifs is 1. The van der Waals surface area contributed by atoms with E-state index in [-0.39, 0.29) is 12.2 Å². The molecule has 1 N–H and O–H groups in total. The van der Waals surface area contributed by atoms with Crippen LogP contribution in [0, 0.1) is 0 Å². The number of carbonyl (C=O) groups excluding carboxylic acids is 2. The molecule has 25 heavy (non-hydrogen) atoms. The van der Waals surface area contributed by atoms with E-state index in [9.17, 15) is 14.7 Å². The van der Waals surface area contributed by atoms with Crippen molar-refractivity contribution in [2.45, 2.75) is 38.7 Å². The van der Waals surface area contributed by atoms with Gasteiger partial charge in [-0.2, -0.15) is 0 Å². The van der Waals surface area contributed by atoms with Crippen LogP contribution in [-0.2, 0) is 10.4 Å². The van der Waals surface area contributed by atoms with Crippen LogP contribution in [0.2, 0.25) is 0 Å². The van der Waals surface area contributed by atoms with Crippen molar-refractivity contribution in [2.24, 2.45) is 0 Å². The first kappa shape index (κ1) is 17.4. The number of hydrogen-bond acceptors (Lipinski definition) is 3. The molecule has 1 amide bonds. The molecule has 0 aromatic heterocycles. The number of carbonyl (C=O) groups is 2. The number of aliphatic hydroxyl groups is 1. The van der Waals surface area contributed by atoms with Crippen molar-refractivity contribution in [3.05, 3.63) is 65.2 Å². The number of likely N-dealkylation sites (N-methyl/N-ethyl adjacent to an activating group) is 1. The zero-order valence-corrected chi connectivity index (χ0v) is 14.8. The van der Waals surface area contributed by atoms with Gasteiger partial charge in [0, 0.05) is 17.7 Å². The van der Waals surface area contributed by atoms with Crippen LogP contribution in [0.25, 0.3) is 0 Å². The lowest BCUT2D eigenvalue weighted by Crippen LogP contribution is -2.41. The second kappa shape index (κ2) is 6.45. The molecule has 1 aliphatic rings. The van der Waals surface area contributed by atoms with Gasteiger partial charge >= 0.3 is 0 Å². The van der Waals surface area contributed by atoms with Gasteiger partial charge in [-0.3, -0.25) is 9.59 Å². The number of nitrogens with zero attached hydrogens (tertiary/aromatic N) is 1. The van der Waals surface area contributed by atoms with E-state index >= 15 is 0 Å². The molecule has 2 aromatic carbocycles. The number of anilines is 1. The number of ketones is 1. The fraction of sp³-hybridized carbons (Fsp3) is 0.333. The molecule has 0 spiro atoms. The SMILES string of the molecule is CCN1C(=O)C(O)(CC(=O)c2ccc(C(C)C)cc2)c2ccccc21. The molecule has 0 saturated carbocycles. The van der Waals surface area contributed by atoms with E-state index in [0.29, 0.717) is 29.3 Å². The van der Waals surface area contributed by atoms with E-state index in [1.165, 1.54) is 4.90 Å². The van der Waals surface area contributed by atoms with Gasteiger partial charge in [0.1, 0.15) is 0 Å². The van der Waals surface area contributed by atoms with Gasteiger partial charge < -0.3 is 10.0 Å². The molecule has 1 aliphatic heterocycles. The molecular formula is C21H23NO3. The Morgan fingerprint density at radius 2 is 1.76 bits per heavy atom. The van der Waals surface area contributed by atoms with Gasteiger partial charge in [0.15, 0.2) is 11.4 Å². The average Bonchev–Trinajstić information content (AvgIpc) is 2.82. The lowest BCUT2D eigenvalue weighted by atomic mass is 9.87. The summed E-state index contributed by atoms with van der Waals surface area (Å²) >= 11 is 0. The molecule has 3 rings (SSSR count). The number of para-hydroxylation sites is 1. The maximum atomic E-state index is 12.7. The Kier molecular flexibility index (Phi) is 4.48. The third kappa shape index (κ3) is 2.87. The highest BCUT2D eigenvalue weighted by Gasteiger charge is 2.50. The molecule has 4 heteroatoms. The van der Waals surface area contributed by atoms with Crippen LogP contribution in [-0.4, -0.2) is 23.3 Å². The third-order valence-electron chi connectivity index (χ3n) is 4.87. The van der Waals surface area contributed by atoms with Crippen LogP contribution in [0.3, 0.4) is 0 Å². The molecule has 0 fully saturated rings. The molecule has 1 heterocycles. The Morgan fingerprint density at radius 3 is 2.36 bits per heavy atom. The van der Waals surface area contributed by atoms with Crippen LogP contribution in [0.15, 0.2) is 48.5 Å². The molecule has 0 aliphatic carbocycles. The lowest BCUT2D eigenvalue weighted by molar-refractivity contribution is -0.135. The normalized spacial score (nSPS) is 19.4. The summed E-state index contributed by atoms with van der Waals surface area (Å²) in [6.45, 7) is 6.49. The van der Waals surface area contributed by atoms with Gasteiger partial charge in [0.2, 0.25) is 0 Å². The Bertz CT molecular complexity index is 810. The highest BCUT2D eigenvalue weighted by molar-refractivity contribution is 6.10. The summed E-state index contributed by atoms with van der Waals surface area (Å²) in [6, 6.07) is 14.5. The van der Waals surface area contributed by atoms with Crippen molar-refractivity contribution in [1.29, 1.82) is 0 Å². The van der Waals surface area contributed by atoms with Gasteiger partial charge in [-0.1, -0.05) is 56.3 Å². The standard InChI is InChI=1S/C21H23NO3/c1-4-22-18-8-6-5-7-17(18)21(25,20(22)24)13-19(23)16-11-9-15(10-12-16)14(2)3/h5-12,14,25H,4,13H2,1-3H3. The van der Waals surface area contributed by atoms with E-state index in [1.54, 1.807) is 30.3 Å². The second-order valence-electron chi connectivity index (χ2n) is 6.80. The van der Waals surface area contributed by atoms with Crippen molar-refractivity contribution in [2.75, 3.05) is 11.4 Å². The quantitative estimate of drug-likeness (QED) is 0.848. The summed E-state index contributed by atoms with van der Waals surface area (Å²) in [5.41, 5.74) is 1.06. The van der Waals surface area contributed by atoms with Gasteiger partial charge in [0.25, 0.3) is 5.91 Å². The molecule has 130 valence electrons. The molecule has 2 aromatic rings. The van der Waals surface area contributed by atoms with Crippen molar-refractivity contribution in [3.63, 3.8) is 0 Å². The molecule has 0 bridgehead atoms. The zero-order valence-electron chi connectivity index (χ0n) is 14.8. The Balaban J connectivity index is 1.91. The minimum atomic E-state index is -1.79. The number of hydrogen-bond donors (Lipinski definition) is 1. The number of Topliss-reactive ketones (excluding diaryl/α,β-unsaturated/α-hetero) is 1. The van der Waals surface area contributed by atoms with Gasteiger partial charge in [-0.25, -0.2) is 0 Å². The number of rotatable bonds is 5. The predicted molar refractivity (Wildman–Crippen MR) is 97.8 cm³/mol. The van der Waals surface area contributed by atoms with Crippen LogP contribution < -0.4 is 4.90 Å². The summed E-state index contributed by atoms with van der Waals surface area (Å²) < 4.78 is 0.